The minimum absolute atomic E-state index is 0.0325. The molecule has 1 rings (SSSR count). The van der Waals surface area contributed by atoms with Crippen LogP contribution in [-0.2, 0) is 14.8 Å². The van der Waals surface area contributed by atoms with Gasteiger partial charge in [-0.2, -0.15) is 0 Å². The molecular formula is C10H18N2O3S. The summed E-state index contributed by atoms with van der Waals surface area (Å²) in [5.74, 6) is -0.290. The summed E-state index contributed by atoms with van der Waals surface area (Å²) in [6.45, 7) is 1.53. The normalized spacial score (nSPS) is 22.8. The molecule has 0 aromatic carbocycles. The molecule has 5 nitrogen and oxygen atoms in total. The number of hydrogen-bond acceptors (Lipinski definition) is 3. The van der Waals surface area contributed by atoms with Crippen molar-refractivity contribution in [3.63, 3.8) is 0 Å². The lowest BCUT2D eigenvalue weighted by Gasteiger charge is -2.20. The summed E-state index contributed by atoms with van der Waals surface area (Å²) in [7, 11) is -3.34. The molecule has 0 aliphatic heterocycles. The number of sulfonamides is 1. The second-order valence-corrected chi connectivity index (χ2v) is 5.87. The zero-order valence-corrected chi connectivity index (χ0v) is 10.4. The summed E-state index contributed by atoms with van der Waals surface area (Å²) >= 11 is 0. The smallest absolute Gasteiger partial charge is 0.238 e. The summed E-state index contributed by atoms with van der Waals surface area (Å²) in [5, 5.41) is 2.79. The lowest BCUT2D eigenvalue weighted by Crippen LogP contribution is -2.47. The van der Waals surface area contributed by atoms with Crippen molar-refractivity contribution in [3.05, 3.63) is 12.2 Å². The standard InChI is InChI=1S/C10H18N2O3S/c1-8(12-16(2,14)15)10(13)11-9-6-4-3-5-7-9/h4,6,8-9,12H,3,5,7H2,1-2H3,(H,11,13). The molecule has 0 saturated carbocycles. The van der Waals surface area contributed by atoms with Crippen molar-refractivity contribution in [2.45, 2.75) is 38.3 Å². The van der Waals surface area contributed by atoms with Crippen LogP contribution in [0, 0.1) is 0 Å². The van der Waals surface area contributed by atoms with Gasteiger partial charge in [0.25, 0.3) is 0 Å². The number of nitrogens with one attached hydrogen (secondary N) is 2. The quantitative estimate of drug-likeness (QED) is 0.693. The van der Waals surface area contributed by atoms with Gasteiger partial charge in [0.2, 0.25) is 15.9 Å². The first-order valence-electron chi connectivity index (χ1n) is 5.33. The summed E-state index contributed by atoms with van der Waals surface area (Å²) in [6, 6.07) is -0.699. The van der Waals surface area contributed by atoms with Crippen molar-refractivity contribution in [3.8, 4) is 0 Å². The second kappa shape index (κ2) is 5.45. The van der Waals surface area contributed by atoms with Crippen molar-refractivity contribution in [1.29, 1.82) is 0 Å². The zero-order chi connectivity index (χ0) is 12.2. The monoisotopic (exact) mass is 246 g/mol. The lowest BCUT2D eigenvalue weighted by molar-refractivity contribution is -0.122. The fourth-order valence-corrected chi connectivity index (χ4v) is 2.36. The highest BCUT2D eigenvalue weighted by molar-refractivity contribution is 7.88. The van der Waals surface area contributed by atoms with Gasteiger partial charge in [-0.25, -0.2) is 13.1 Å². The van der Waals surface area contributed by atoms with E-state index < -0.39 is 16.1 Å². The molecule has 2 atom stereocenters. The fraction of sp³-hybridized carbons (Fsp3) is 0.700. The summed E-state index contributed by atoms with van der Waals surface area (Å²) in [5.41, 5.74) is 0. The third-order valence-electron chi connectivity index (χ3n) is 2.37. The van der Waals surface area contributed by atoms with Gasteiger partial charge in [-0.15, -0.1) is 0 Å². The Balaban J connectivity index is 2.45. The average Bonchev–Trinajstić information content (AvgIpc) is 2.16. The Morgan fingerprint density at radius 1 is 1.50 bits per heavy atom. The van der Waals surface area contributed by atoms with E-state index >= 15 is 0 Å². The molecule has 2 unspecified atom stereocenters. The first kappa shape index (κ1) is 13.2. The van der Waals surface area contributed by atoms with Crippen molar-refractivity contribution in [2.75, 3.05) is 6.26 Å². The molecule has 0 radical (unpaired) electrons. The summed E-state index contributed by atoms with van der Waals surface area (Å²) < 4.78 is 24.1. The van der Waals surface area contributed by atoms with E-state index in [-0.39, 0.29) is 11.9 Å². The number of carbonyl (C=O) groups excluding carboxylic acids is 1. The number of amides is 1. The maximum Gasteiger partial charge on any atom is 0.238 e. The first-order valence-corrected chi connectivity index (χ1v) is 7.22. The molecule has 0 spiro atoms. The van der Waals surface area contributed by atoms with Crippen LogP contribution in [0.2, 0.25) is 0 Å². The van der Waals surface area contributed by atoms with Crippen LogP contribution < -0.4 is 10.0 Å². The van der Waals surface area contributed by atoms with E-state index in [1.54, 1.807) is 0 Å². The third kappa shape index (κ3) is 4.76. The fourth-order valence-electron chi connectivity index (χ4n) is 1.61. The van der Waals surface area contributed by atoms with Gasteiger partial charge in [0.05, 0.1) is 12.3 Å². The molecule has 0 bridgehead atoms. The Morgan fingerprint density at radius 3 is 2.69 bits per heavy atom. The summed E-state index contributed by atoms with van der Waals surface area (Å²) in [6.07, 6.45) is 8.03. The molecule has 0 heterocycles. The van der Waals surface area contributed by atoms with E-state index in [1.807, 2.05) is 12.2 Å². The van der Waals surface area contributed by atoms with E-state index in [1.165, 1.54) is 6.92 Å². The molecule has 0 aromatic rings. The van der Waals surface area contributed by atoms with Gasteiger partial charge in [0.15, 0.2) is 0 Å². The van der Waals surface area contributed by atoms with E-state index in [0.29, 0.717) is 0 Å². The van der Waals surface area contributed by atoms with Gasteiger partial charge in [-0.05, 0) is 26.2 Å². The highest BCUT2D eigenvalue weighted by Crippen LogP contribution is 2.10. The molecule has 1 aliphatic carbocycles. The minimum Gasteiger partial charge on any atom is -0.349 e. The SMILES string of the molecule is CC(NS(C)(=O)=O)C(=O)NC1C=CCCC1. The molecule has 1 aliphatic rings. The Kier molecular flexibility index (Phi) is 4.49. The molecule has 0 aromatic heterocycles. The van der Waals surface area contributed by atoms with Gasteiger partial charge < -0.3 is 5.32 Å². The number of allylic oxidation sites excluding steroid dienone is 1. The van der Waals surface area contributed by atoms with Gasteiger partial charge in [0.1, 0.15) is 0 Å². The van der Waals surface area contributed by atoms with E-state index in [9.17, 15) is 13.2 Å². The maximum atomic E-state index is 11.6. The topological polar surface area (TPSA) is 75.3 Å². The molecular weight excluding hydrogens is 228 g/mol. The molecule has 2 N–H and O–H groups in total. The predicted octanol–water partition coefficient (Wildman–Crippen LogP) is 0.149. The van der Waals surface area contributed by atoms with Crippen molar-refractivity contribution in [2.24, 2.45) is 0 Å². The Morgan fingerprint density at radius 2 is 2.19 bits per heavy atom. The van der Waals surface area contributed by atoms with Crippen LogP contribution in [0.5, 0.6) is 0 Å². The highest BCUT2D eigenvalue weighted by atomic mass is 32.2. The van der Waals surface area contributed by atoms with E-state index in [4.69, 9.17) is 0 Å². The van der Waals surface area contributed by atoms with Crippen LogP contribution in [0.3, 0.4) is 0 Å². The van der Waals surface area contributed by atoms with Gasteiger partial charge in [-0.1, -0.05) is 12.2 Å². The maximum absolute atomic E-state index is 11.6. The largest absolute Gasteiger partial charge is 0.349 e. The van der Waals surface area contributed by atoms with Crippen LogP contribution in [-0.4, -0.2) is 32.7 Å². The molecule has 92 valence electrons. The minimum atomic E-state index is -3.34. The molecule has 0 saturated heterocycles. The highest BCUT2D eigenvalue weighted by Gasteiger charge is 2.19. The Hall–Kier alpha value is -0.880. The van der Waals surface area contributed by atoms with Crippen LogP contribution in [0.25, 0.3) is 0 Å². The molecule has 6 heteroatoms. The van der Waals surface area contributed by atoms with Crippen molar-refractivity contribution < 1.29 is 13.2 Å². The Bertz CT molecular complexity index is 376. The number of carbonyl (C=O) groups is 1. The first-order chi connectivity index (χ1) is 7.38. The van der Waals surface area contributed by atoms with Gasteiger partial charge >= 0.3 is 0 Å². The third-order valence-corrected chi connectivity index (χ3v) is 3.15. The molecule has 16 heavy (non-hydrogen) atoms. The van der Waals surface area contributed by atoms with Crippen molar-refractivity contribution >= 4 is 15.9 Å². The summed E-state index contributed by atoms with van der Waals surface area (Å²) in [4.78, 5) is 11.6. The second-order valence-electron chi connectivity index (χ2n) is 4.09. The predicted molar refractivity (Wildman–Crippen MR) is 62.4 cm³/mol. The lowest BCUT2D eigenvalue weighted by atomic mass is 10.0. The number of hydrogen-bond donors (Lipinski definition) is 2. The molecule has 0 fully saturated rings. The van der Waals surface area contributed by atoms with Crippen LogP contribution in [0.15, 0.2) is 12.2 Å². The van der Waals surface area contributed by atoms with Crippen LogP contribution in [0.4, 0.5) is 0 Å². The Labute approximate surface area is 96.4 Å². The van der Waals surface area contributed by atoms with Crippen LogP contribution in [0.1, 0.15) is 26.2 Å². The van der Waals surface area contributed by atoms with E-state index in [0.717, 1.165) is 25.5 Å². The van der Waals surface area contributed by atoms with Crippen LogP contribution >= 0.6 is 0 Å². The number of rotatable bonds is 4. The average molecular weight is 246 g/mol. The zero-order valence-electron chi connectivity index (χ0n) is 9.56. The van der Waals surface area contributed by atoms with Gasteiger partial charge in [0, 0.05) is 6.04 Å². The van der Waals surface area contributed by atoms with Crippen molar-refractivity contribution in [1.82, 2.24) is 10.0 Å². The van der Waals surface area contributed by atoms with Gasteiger partial charge in [-0.3, -0.25) is 4.79 Å². The molecule has 1 amide bonds. The van der Waals surface area contributed by atoms with E-state index in [2.05, 4.69) is 10.0 Å².